The van der Waals surface area contributed by atoms with Crippen molar-refractivity contribution in [3.8, 4) is 0 Å². The molecular weight excluding hydrogens is 238 g/mol. The standard InChI is InChI=1S/C15H21N3O/c1-4-11-8-12-5-6-13(9-11)18(12)15(19)14-7-10(2)16-17(14)3/h4,7,12-13H,5-6,8-9H2,1-3H3. The van der Waals surface area contributed by atoms with Crippen molar-refractivity contribution in [1.82, 2.24) is 14.7 Å². The van der Waals surface area contributed by atoms with Crippen molar-refractivity contribution in [3.63, 3.8) is 0 Å². The highest BCUT2D eigenvalue weighted by Gasteiger charge is 2.41. The van der Waals surface area contributed by atoms with E-state index in [-0.39, 0.29) is 5.91 Å². The van der Waals surface area contributed by atoms with Crippen LogP contribution in [0, 0.1) is 6.92 Å². The van der Waals surface area contributed by atoms with Crippen LogP contribution in [0.25, 0.3) is 0 Å². The molecule has 102 valence electrons. The molecule has 3 rings (SSSR count). The van der Waals surface area contributed by atoms with E-state index in [2.05, 4.69) is 23.0 Å². The summed E-state index contributed by atoms with van der Waals surface area (Å²) in [4.78, 5) is 14.8. The Labute approximate surface area is 114 Å². The normalized spacial score (nSPS) is 25.8. The Morgan fingerprint density at radius 3 is 2.47 bits per heavy atom. The lowest BCUT2D eigenvalue weighted by Crippen LogP contribution is -2.45. The summed E-state index contributed by atoms with van der Waals surface area (Å²) in [5, 5.41) is 4.29. The fraction of sp³-hybridized carbons (Fsp3) is 0.600. The molecule has 0 aliphatic carbocycles. The first-order chi connectivity index (χ1) is 9.10. The molecule has 0 spiro atoms. The van der Waals surface area contributed by atoms with Crippen molar-refractivity contribution in [2.45, 2.75) is 51.6 Å². The van der Waals surface area contributed by atoms with Gasteiger partial charge in [-0.3, -0.25) is 9.48 Å². The number of aromatic nitrogens is 2. The maximum atomic E-state index is 12.7. The van der Waals surface area contributed by atoms with Crippen molar-refractivity contribution in [2.75, 3.05) is 0 Å². The molecule has 2 aliphatic rings. The van der Waals surface area contributed by atoms with Crippen molar-refractivity contribution < 1.29 is 4.79 Å². The number of piperidine rings is 1. The molecule has 19 heavy (non-hydrogen) atoms. The fourth-order valence-corrected chi connectivity index (χ4v) is 3.56. The van der Waals surface area contributed by atoms with Crippen molar-refractivity contribution in [2.24, 2.45) is 7.05 Å². The number of allylic oxidation sites excluding steroid dienone is 1. The minimum atomic E-state index is 0.158. The molecule has 4 heteroatoms. The maximum absolute atomic E-state index is 12.7. The van der Waals surface area contributed by atoms with Crippen LogP contribution in [0.3, 0.4) is 0 Å². The predicted molar refractivity (Wildman–Crippen MR) is 73.9 cm³/mol. The van der Waals surface area contributed by atoms with E-state index in [1.807, 2.05) is 20.0 Å². The summed E-state index contributed by atoms with van der Waals surface area (Å²) in [6.07, 6.45) is 6.61. The lowest BCUT2D eigenvalue weighted by Gasteiger charge is -2.36. The van der Waals surface area contributed by atoms with Gasteiger partial charge in [-0.05, 0) is 45.6 Å². The van der Waals surface area contributed by atoms with Crippen LogP contribution < -0.4 is 0 Å². The minimum absolute atomic E-state index is 0.158. The molecule has 2 aliphatic heterocycles. The zero-order valence-corrected chi connectivity index (χ0v) is 11.9. The van der Waals surface area contributed by atoms with Crippen molar-refractivity contribution in [1.29, 1.82) is 0 Å². The first-order valence-electron chi connectivity index (χ1n) is 7.07. The number of carbonyl (C=O) groups excluding carboxylic acids is 1. The molecule has 2 bridgehead atoms. The lowest BCUT2D eigenvalue weighted by atomic mass is 9.96. The van der Waals surface area contributed by atoms with Crippen LogP contribution in [-0.2, 0) is 7.05 Å². The molecule has 0 N–H and O–H groups in total. The Morgan fingerprint density at radius 2 is 2.00 bits per heavy atom. The van der Waals surface area contributed by atoms with E-state index < -0.39 is 0 Å². The van der Waals surface area contributed by atoms with E-state index in [9.17, 15) is 4.79 Å². The molecule has 4 nitrogen and oxygen atoms in total. The molecule has 0 aromatic carbocycles. The zero-order chi connectivity index (χ0) is 13.6. The number of rotatable bonds is 1. The molecule has 2 atom stereocenters. The summed E-state index contributed by atoms with van der Waals surface area (Å²) in [5.74, 6) is 0.158. The van der Waals surface area contributed by atoms with E-state index in [1.54, 1.807) is 4.68 Å². The van der Waals surface area contributed by atoms with Gasteiger partial charge in [-0.1, -0.05) is 11.6 Å². The first-order valence-corrected chi connectivity index (χ1v) is 7.07. The molecule has 2 unspecified atom stereocenters. The summed E-state index contributed by atoms with van der Waals surface area (Å²) in [5.41, 5.74) is 3.14. The van der Waals surface area contributed by atoms with Gasteiger partial charge in [0.1, 0.15) is 5.69 Å². The van der Waals surface area contributed by atoms with Crippen LogP contribution in [0.15, 0.2) is 17.7 Å². The topological polar surface area (TPSA) is 38.1 Å². The maximum Gasteiger partial charge on any atom is 0.272 e. The third kappa shape index (κ3) is 1.99. The molecule has 1 aromatic rings. The molecule has 1 amide bonds. The number of hydrogen-bond acceptors (Lipinski definition) is 2. The second kappa shape index (κ2) is 4.51. The van der Waals surface area contributed by atoms with Gasteiger partial charge in [0.25, 0.3) is 5.91 Å². The van der Waals surface area contributed by atoms with Crippen LogP contribution in [0.4, 0.5) is 0 Å². The van der Waals surface area contributed by atoms with E-state index in [4.69, 9.17) is 0 Å². The number of amides is 1. The van der Waals surface area contributed by atoms with Crippen LogP contribution in [-0.4, -0.2) is 32.7 Å². The average Bonchev–Trinajstić information content (AvgIpc) is 2.85. The summed E-state index contributed by atoms with van der Waals surface area (Å²) in [6, 6.07) is 2.69. The van der Waals surface area contributed by atoms with Crippen LogP contribution in [0.1, 0.15) is 48.8 Å². The zero-order valence-electron chi connectivity index (χ0n) is 11.9. The summed E-state index contributed by atoms with van der Waals surface area (Å²) in [6.45, 7) is 4.04. The van der Waals surface area contributed by atoms with Gasteiger partial charge in [0.15, 0.2) is 0 Å². The average molecular weight is 259 g/mol. The molecule has 0 saturated carbocycles. The smallest absolute Gasteiger partial charge is 0.272 e. The van der Waals surface area contributed by atoms with Gasteiger partial charge in [0.2, 0.25) is 0 Å². The molecule has 2 fully saturated rings. The van der Waals surface area contributed by atoms with Crippen LogP contribution in [0.2, 0.25) is 0 Å². The molecule has 2 saturated heterocycles. The Hall–Kier alpha value is -1.58. The van der Waals surface area contributed by atoms with Crippen molar-refractivity contribution in [3.05, 3.63) is 29.1 Å². The number of nitrogens with zero attached hydrogens (tertiary/aromatic N) is 3. The Morgan fingerprint density at radius 1 is 1.37 bits per heavy atom. The Kier molecular flexibility index (Phi) is 2.96. The highest BCUT2D eigenvalue weighted by molar-refractivity contribution is 5.93. The highest BCUT2D eigenvalue weighted by Crippen LogP contribution is 2.39. The van der Waals surface area contributed by atoms with Crippen molar-refractivity contribution >= 4 is 5.91 Å². The number of carbonyl (C=O) groups is 1. The van der Waals surface area contributed by atoms with Gasteiger partial charge >= 0.3 is 0 Å². The van der Waals surface area contributed by atoms with E-state index in [1.165, 1.54) is 5.57 Å². The largest absolute Gasteiger partial charge is 0.331 e. The molecule has 1 aromatic heterocycles. The fourth-order valence-electron chi connectivity index (χ4n) is 3.56. The molecular formula is C15H21N3O. The predicted octanol–water partition coefficient (Wildman–Crippen LogP) is 2.44. The Balaban J connectivity index is 1.88. The minimum Gasteiger partial charge on any atom is -0.331 e. The van der Waals surface area contributed by atoms with Gasteiger partial charge in [0, 0.05) is 19.1 Å². The monoisotopic (exact) mass is 259 g/mol. The quantitative estimate of drug-likeness (QED) is 0.727. The third-order valence-corrected chi connectivity index (χ3v) is 4.48. The third-order valence-electron chi connectivity index (χ3n) is 4.48. The van der Waals surface area contributed by atoms with E-state index in [0.717, 1.165) is 37.1 Å². The summed E-state index contributed by atoms with van der Waals surface area (Å²) in [7, 11) is 1.85. The van der Waals surface area contributed by atoms with Crippen LogP contribution in [0.5, 0.6) is 0 Å². The number of aryl methyl sites for hydroxylation is 2. The van der Waals surface area contributed by atoms with E-state index >= 15 is 0 Å². The Bertz CT molecular complexity index is 528. The first kappa shape index (κ1) is 12.5. The van der Waals surface area contributed by atoms with Gasteiger partial charge in [0.05, 0.1) is 5.69 Å². The second-order valence-corrected chi connectivity index (χ2v) is 5.75. The molecule has 0 radical (unpaired) electrons. The van der Waals surface area contributed by atoms with Gasteiger partial charge < -0.3 is 4.90 Å². The number of fused-ring (bicyclic) bond motifs is 2. The second-order valence-electron chi connectivity index (χ2n) is 5.75. The highest BCUT2D eigenvalue weighted by atomic mass is 16.2. The summed E-state index contributed by atoms with van der Waals surface area (Å²) >= 11 is 0. The summed E-state index contributed by atoms with van der Waals surface area (Å²) < 4.78 is 1.71. The molecule has 3 heterocycles. The number of hydrogen-bond donors (Lipinski definition) is 0. The van der Waals surface area contributed by atoms with Gasteiger partial charge in [-0.25, -0.2) is 0 Å². The van der Waals surface area contributed by atoms with Crippen LogP contribution >= 0.6 is 0 Å². The van der Waals surface area contributed by atoms with Gasteiger partial charge in [-0.2, -0.15) is 5.10 Å². The van der Waals surface area contributed by atoms with Gasteiger partial charge in [-0.15, -0.1) is 0 Å². The van der Waals surface area contributed by atoms with E-state index in [0.29, 0.717) is 12.1 Å². The lowest BCUT2D eigenvalue weighted by molar-refractivity contribution is 0.0623. The SMILES string of the molecule is CC=C1CC2CCC(C1)N2C(=O)c1cc(C)nn1C.